The molecule has 1 aromatic rings. The lowest BCUT2D eigenvalue weighted by Crippen LogP contribution is -1.76. The quantitative estimate of drug-likeness (QED) is 0.511. The van der Waals surface area contributed by atoms with Gasteiger partial charge < -0.3 is 0 Å². The molecule has 0 aromatic carbocycles. The van der Waals surface area contributed by atoms with Crippen molar-refractivity contribution in [3.8, 4) is 0 Å². The average molecular weight is 166 g/mol. The third-order valence-electron chi connectivity index (χ3n) is 0.425. The highest BCUT2D eigenvalue weighted by Gasteiger charge is 2.06. The van der Waals surface area contributed by atoms with Gasteiger partial charge in [0.2, 0.25) is 0 Å². The third kappa shape index (κ3) is 15.6. The molecule has 1 rings (SSSR count). The zero-order valence-corrected chi connectivity index (χ0v) is 5.25. The summed E-state index contributed by atoms with van der Waals surface area (Å²) in [4.78, 5) is 0. The van der Waals surface area contributed by atoms with Crippen LogP contribution in [0.25, 0.3) is 0 Å². The summed E-state index contributed by atoms with van der Waals surface area (Å²) in [7, 11) is -3.67. The maximum absolute atomic E-state index is 9.67. The van der Waals surface area contributed by atoms with Gasteiger partial charge in [0.1, 0.15) is 0 Å². The number of rotatable bonds is 0. The van der Waals surface area contributed by atoms with Gasteiger partial charge in [-0.25, -0.2) is 0 Å². The first-order valence-electron chi connectivity index (χ1n) is 2.13. The summed E-state index contributed by atoms with van der Waals surface area (Å²) < 4.78 is 29.0. The number of hydrogen-bond acceptors (Lipinski definition) is 1. The normalized spacial score (nSPS) is 6.70. The molecule has 0 spiro atoms. The molecule has 1 aromatic heterocycles. The summed E-state index contributed by atoms with van der Waals surface area (Å²) in [5.41, 5.74) is 0. The van der Waals surface area contributed by atoms with Gasteiger partial charge in [-0.3, -0.25) is 12.9 Å². The van der Waals surface area contributed by atoms with Gasteiger partial charge in [-0.1, -0.05) is 12.1 Å². The summed E-state index contributed by atoms with van der Waals surface area (Å²) in [6.45, 7) is 0. The zero-order chi connectivity index (χ0) is 7.11. The summed E-state index contributed by atoms with van der Waals surface area (Å²) in [5.74, 6) is 0. The van der Waals surface area contributed by atoms with Crippen molar-refractivity contribution in [2.75, 3.05) is 0 Å². The fourth-order valence-corrected chi connectivity index (χ4v) is 0.680. The van der Waals surface area contributed by atoms with E-state index in [4.69, 9.17) is 0 Å². The van der Waals surface area contributed by atoms with E-state index in [2.05, 4.69) is 0 Å². The molecule has 0 saturated carbocycles. The van der Waals surface area contributed by atoms with E-state index in [9.17, 15) is 12.9 Å². The van der Waals surface area contributed by atoms with Gasteiger partial charge in [-0.15, -0.1) is 0 Å². The van der Waals surface area contributed by atoms with Crippen LogP contribution in [0.2, 0.25) is 0 Å². The Morgan fingerprint density at radius 3 is 1.40 bits per heavy atom. The van der Waals surface area contributed by atoms with Gasteiger partial charge in [-0.05, 0) is 10.8 Å². The molecule has 56 valence electrons. The molecular weight excluding hydrogens is 159 g/mol. The van der Waals surface area contributed by atoms with E-state index in [0.29, 0.717) is 0 Å². The first kappa shape index (κ1) is 12.3. The van der Waals surface area contributed by atoms with Crippen molar-refractivity contribution < 1.29 is 12.9 Å². The summed E-state index contributed by atoms with van der Waals surface area (Å²) in [5, 5.41) is 4.08. The van der Waals surface area contributed by atoms with Gasteiger partial charge in [-0.2, -0.15) is 11.3 Å². The van der Waals surface area contributed by atoms with E-state index in [-0.39, 0.29) is 8.41 Å². The van der Waals surface area contributed by atoms with Crippen LogP contribution >= 0.6 is 11.3 Å². The Hall–Kier alpha value is -0.380. The molecule has 0 bridgehead atoms. The lowest BCUT2D eigenvalue weighted by molar-refractivity contribution is 0.535. The Bertz CT molecular complexity index is 102. The second-order valence-corrected chi connectivity index (χ2v) is 1.86. The van der Waals surface area contributed by atoms with E-state index in [1.54, 1.807) is 11.3 Å². The molecule has 0 amide bonds. The van der Waals surface area contributed by atoms with Gasteiger partial charge in [0.15, 0.2) is 0 Å². The molecule has 0 radical (unpaired) electrons. The highest BCUT2D eigenvalue weighted by molar-refractivity contribution is 7.07. The number of hydrogen-bond donors (Lipinski definition) is 0. The van der Waals surface area contributed by atoms with Crippen LogP contribution < -0.4 is 0 Å². The second-order valence-electron chi connectivity index (χ2n) is 1.04. The lowest BCUT2D eigenvalue weighted by Gasteiger charge is -1.55. The van der Waals surface area contributed by atoms with Crippen LogP contribution in [-0.4, -0.2) is 16.0 Å². The standard InChI is InChI=1S/C4H4S.BF3.BH3/c1-2-4-5-3-1;2-1(3)4;/h1-4H;;1H3. The lowest BCUT2D eigenvalue weighted by atomic mass is 10.5. The maximum Gasteiger partial charge on any atom is 0.762 e. The van der Waals surface area contributed by atoms with Crippen molar-refractivity contribution in [1.82, 2.24) is 0 Å². The van der Waals surface area contributed by atoms with Gasteiger partial charge >= 0.3 is 7.54 Å². The van der Waals surface area contributed by atoms with E-state index in [0.717, 1.165) is 0 Å². The Labute approximate surface area is 63.9 Å². The van der Waals surface area contributed by atoms with Gasteiger partial charge in [0.25, 0.3) is 0 Å². The van der Waals surface area contributed by atoms with Crippen molar-refractivity contribution in [1.29, 1.82) is 0 Å². The highest BCUT2D eigenvalue weighted by atomic mass is 32.1. The molecule has 6 heteroatoms. The first-order valence-corrected chi connectivity index (χ1v) is 3.07. The number of thiophene rings is 1. The van der Waals surface area contributed by atoms with Crippen LogP contribution in [0, 0.1) is 0 Å². The predicted octanol–water partition coefficient (Wildman–Crippen LogP) is 1.44. The molecule has 0 N–H and O–H groups in total. The van der Waals surface area contributed by atoms with Crippen molar-refractivity contribution in [2.24, 2.45) is 0 Å². The smallest absolute Gasteiger partial charge is 0.254 e. The van der Waals surface area contributed by atoms with Crippen LogP contribution in [0.5, 0.6) is 0 Å². The molecule has 0 unspecified atom stereocenters. The SMILES string of the molecule is B.FB(F)F.c1ccsc1. The molecular formula is C4H7B2F3S. The van der Waals surface area contributed by atoms with Crippen LogP contribution in [0.4, 0.5) is 12.9 Å². The molecule has 0 saturated heterocycles. The van der Waals surface area contributed by atoms with Crippen LogP contribution in [0.3, 0.4) is 0 Å². The first-order chi connectivity index (χ1) is 4.23. The Balaban J connectivity index is 0. The predicted molar refractivity (Wildman–Crippen MR) is 43.3 cm³/mol. The summed E-state index contributed by atoms with van der Waals surface area (Å²) in [6.07, 6.45) is 0. The summed E-state index contributed by atoms with van der Waals surface area (Å²) in [6, 6.07) is 4.04. The minimum absolute atomic E-state index is 0. The van der Waals surface area contributed by atoms with Gasteiger partial charge in [0.05, 0.1) is 8.41 Å². The van der Waals surface area contributed by atoms with Crippen LogP contribution in [0.1, 0.15) is 0 Å². The fraction of sp³-hybridized carbons (Fsp3) is 0. The molecule has 0 atom stereocenters. The monoisotopic (exact) mass is 166 g/mol. The van der Waals surface area contributed by atoms with Crippen molar-refractivity contribution in [3.05, 3.63) is 22.9 Å². The Morgan fingerprint density at radius 1 is 1.00 bits per heavy atom. The summed E-state index contributed by atoms with van der Waals surface area (Å²) >= 11 is 1.71. The zero-order valence-electron chi connectivity index (χ0n) is 4.43. The fourth-order valence-electron chi connectivity index (χ4n) is 0.227. The minimum Gasteiger partial charge on any atom is -0.254 e. The maximum atomic E-state index is 9.67. The Kier molecular flexibility index (Phi) is 10.6. The van der Waals surface area contributed by atoms with E-state index < -0.39 is 7.54 Å². The highest BCUT2D eigenvalue weighted by Crippen LogP contribution is 1.91. The van der Waals surface area contributed by atoms with E-state index in [1.165, 1.54) is 0 Å². The average Bonchev–Trinajstić information content (AvgIpc) is 2.11. The molecule has 0 aliphatic rings. The minimum atomic E-state index is -3.67. The van der Waals surface area contributed by atoms with Crippen LogP contribution in [0.15, 0.2) is 22.9 Å². The molecule has 0 aliphatic heterocycles. The molecule has 0 fully saturated rings. The molecule has 0 aliphatic carbocycles. The molecule has 0 nitrogen and oxygen atoms in total. The third-order valence-corrected chi connectivity index (χ3v) is 1.05. The number of halogens is 3. The Morgan fingerprint density at radius 2 is 1.30 bits per heavy atom. The molecule has 10 heavy (non-hydrogen) atoms. The van der Waals surface area contributed by atoms with Gasteiger partial charge in [0, 0.05) is 0 Å². The van der Waals surface area contributed by atoms with Crippen molar-refractivity contribution >= 4 is 27.3 Å². The van der Waals surface area contributed by atoms with Crippen molar-refractivity contribution in [3.63, 3.8) is 0 Å². The second kappa shape index (κ2) is 8.62. The molecule has 1 heterocycles. The van der Waals surface area contributed by atoms with Crippen molar-refractivity contribution in [2.45, 2.75) is 0 Å². The van der Waals surface area contributed by atoms with E-state index in [1.807, 2.05) is 22.9 Å². The van der Waals surface area contributed by atoms with Crippen LogP contribution in [-0.2, 0) is 0 Å². The largest absolute Gasteiger partial charge is 0.762 e. The van der Waals surface area contributed by atoms with E-state index >= 15 is 0 Å². The topological polar surface area (TPSA) is 0 Å².